The van der Waals surface area contributed by atoms with E-state index in [1.807, 2.05) is 72.8 Å². The van der Waals surface area contributed by atoms with Crippen LogP contribution in [0.4, 0.5) is 16.3 Å². The van der Waals surface area contributed by atoms with E-state index >= 15 is 0 Å². The van der Waals surface area contributed by atoms with E-state index in [1.165, 1.54) is 4.90 Å². The second kappa shape index (κ2) is 12.3. The molecule has 2 saturated heterocycles. The fraction of sp³-hybridized carbons (Fsp3) is 0.219. The van der Waals surface area contributed by atoms with Crippen LogP contribution in [0.3, 0.4) is 0 Å². The summed E-state index contributed by atoms with van der Waals surface area (Å²) in [6, 6.07) is 23.9. The SMILES string of the molecule is NC(=O)c1ccc(N2CCN(Cc3ccc(N4CCC(=O)NC4=O)cn3)CC2)nc1-c1ccc(Oc2ccccc2)cc1. The highest BCUT2D eigenvalue weighted by Gasteiger charge is 2.25. The van der Waals surface area contributed by atoms with Crippen LogP contribution < -0.4 is 25.6 Å². The normalized spacial score (nSPS) is 15.7. The summed E-state index contributed by atoms with van der Waals surface area (Å²) in [5, 5.41) is 2.33. The van der Waals surface area contributed by atoms with Gasteiger partial charge in [0.05, 0.1) is 28.8 Å². The van der Waals surface area contributed by atoms with Gasteiger partial charge < -0.3 is 15.4 Å². The molecule has 4 heterocycles. The van der Waals surface area contributed by atoms with Crippen molar-refractivity contribution in [3.05, 3.63) is 96.3 Å². The molecule has 43 heavy (non-hydrogen) atoms. The van der Waals surface area contributed by atoms with E-state index < -0.39 is 11.9 Å². The van der Waals surface area contributed by atoms with Gasteiger partial charge in [-0.1, -0.05) is 18.2 Å². The summed E-state index contributed by atoms with van der Waals surface area (Å²) >= 11 is 0. The lowest BCUT2D eigenvalue weighted by Crippen LogP contribution is -2.49. The number of carbonyl (C=O) groups is 3. The number of benzene rings is 2. The highest BCUT2D eigenvalue weighted by molar-refractivity contribution is 6.05. The van der Waals surface area contributed by atoms with Crippen molar-refractivity contribution in [2.45, 2.75) is 13.0 Å². The van der Waals surface area contributed by atoms with Crippen LogP contribution in [-0.4, -0.2) is 65.4 Å². The maximum Gasteiger partial charge on any atom is 0.328 e. The lowest BCUT2D eigenvalue weighted by Gasteiger charge is -2.35. The number of nitrogens with zero attached hydrogens (tertiary/aromatic N) is 5. The third-order valence-corrected chi connectivity index (χ3v) is 7.51. The Morgan fingerprint density at radius 1 is 0.860 bits per heavy atom. The average molecular weight is 578 g/mol. The lowest BCUT2D eigenvalue weighted by molar-refractivity contribution is -0.120. The highest BCUT2D eigenvalue weighted by Crippen LogP contribution is 2.29. The van der Waals surface area contributed by atoms with Gasteiger partial charge in [0.1, 0.15) is 17.3 Å². The summed E-state index contributed by atoms with van der Waals surface area (Å²) in [4.78, 5) is 51.2. The minimum atomic E-state index is -0.531. The number of urea groups is 1. The molecule has 0 unspecified atom stereocenters. The van der Waals surface area contributed by atoms with Gasteiger partial charge in [-0.2, -0.15) is 0 Å². The van der Waals surface area contributed by atoms with Gasteiger partial charge in [0.2, 0.25) is 5.91 Å². The summed E-state index contributed by atoms with van der Waals surface area (Å²) in [6.07, 6.45) is 1.95. The third kappa shape index (κ3) is 6.47. The number of rotatable bonds is 8. The van der Waals surface area contributed by atoms with Crippen molar-refractivity contribution in [3.63, 3.8) is 0 Å². The van der Waals surface area contributed by atoms with E-state index in [1.54, 1.807) is 12.3 Å². The third-order valence-electron chi connectivity index (χ3n) is 7.51. The van der Waals surface area contributed by atoms with Gasteiger partial charge in [0, 0.05) is 51.3 Å². The molecular formula is C32H31N7O4. The van der Waals surface area contributed by atoms with Crippen molar-refractivity contribution in [1.82, 2.24) is 20.2 Å². The molecule has 0 aliphatic carbocycles. The second-order valence-corrected chi connectivity index (χ2v) is 10.4. The fourth-order valence-corrected chi connectivity index (χ4v) is 5.19. The molecule has 3 N–H and O–H groups in total. The number of para-hydroxylation sites is 1. The lowest BCUT2D eigenvalue weighted by atomic mass is 10.0. The quantitative estimate of drug-likeness (QED) is 0.323. The van der Waals surface area contributed by atoms with E-state index in [0.717, 1.165) is 49.0 Å². The molecule has 4 aromatic rings. The van der Waals surface area contributed by atoms with Crippen molar-refractivity contribution >= 4 is 29.4 Å². The van der Waals surface area contributed by atoms with Crippen molar-refractivity contribution < 1.29 is 19.1 Å². The van der Waals surface area contributed by atoms with Gasteiger partial charge >= 0.3 is 6.03 Å². The first-order valence-electron chi connectivity index (χ1n) is 14.1. The number of nitrogens with two attached hydrogens (primary N) is 1. The molecule has 6 rings (SSSR count). The van der Waals surface area contributed by atoms with Crippen molar-refractivity contribution in [2.24, 2.45) is 5.73 Å². The van der Waals surface area contributed by atoms with E-state index in [4.69, 9.17) is 15.5 Å². The largest absolute Gasteiger partial charge is 0.457 e. The van der Waals surface area contributed by atoms with Crippen LogP contribution in [0.25, 0.3) is 11.3 Å². The monoisotopic (exact) mass is 577 g/mol. The van der Waals surface area contributed by atoms with Gasteiger partial charge in [0.25, 0.3) is 5.91 Å². The van der Waals surface area contributed by atoms with Crippen LogP contribution in [0.15, 0.2) is 85.1 Å². The Labute approximate surface area is 248 Å². The standard InChI is InChI=1S/C32H31N7O4/c33-31(41)27-12-13-28(35-30(27)22-6-10-26(11-7-22)43-25-4-2-1-3-5-25)38-18-16-37(17-19-38)21-23-8-9-24(20-34-23)39-15-14-29(40)36-32(39)42/h1-13,20H,14-19,21H2,(H2,33,41)(H,36,40,42). The number of ether oxygens (including phenoxy) is 1. The molecule has 11 nitrogen and oxygen atoms in total. The Morgan fingerprint density at radius 2 is 1.60 bits per heavy atom. The van der Waals surface area contributed by atoms with Crippen LogP contribution in [0.1, 0.15) is 22.5 Å². The predicted molar refractivity (Wildman–Crippen MR) is 162 cm³/mol. The molecule has 2 aromatic heterocycles. The van der Waals surface area contributed by atoms with Crippen LogP contribution >= 0.6 is 0 Å². The number of anilines is 2. The summed E-state index contributed by atoms with van der Waals surface area (Å²) in [5.41, 5.74) is 8.94. The summed E-state index contributed by atoms with van der Waals surface area (Å²) < 4.78 is 5.90. The number of nitrogens with one attached hydrogen (secondary N) is 1. The number of piperazine rings is 1. The van der Waals surface area contributed by atoms with Crippen LogP contribution in [0.2, 0.25) is 0 Å². The minimum Gasteiger partial charge on any atom is -0.457 e. The van der Waals surface area contributed by atoms with Gasteiger partial charge in [-0.05, 0) is 60.7 Å². The second-order valence-electron chi connectivity index (χ2n) is 10.4. The Morgan fingerprint density at radius 3 is 2.28 bits per heavy atom. The molecule has 0 atom stereocenters. The van der Waals surface area contributed by atoms with Crippen LogP contribution in [0, 0.1) is 0 Å². The number of pyridine rings is 2. The van der Waals surface area contributed by atoms with Crippen LogP contribution in [0.5, 0.6) is 11.5 Å². The number of amides is 4. The van der Waals surface area contributed by atoms with Gasteiger partial charge in [0.15, 0.2) is 0 Å². The molecule has 0 saturated carbocycles. The van der Waals surface area contributed by atoms with Gasteiger partial charge in [-0.25, -0.2) is 9.78 Å². The smallest absolute Gasteiger partial charge is 0.328 e. The first kappa shape index (κ1) is 27.9. The van der Waals surface area contributed by atoms with E-state index in [9.17, 15) is 14.4 Å². The molecule has 218 valence electrons. The number of carbonyl (C=O) groups excluding carboxylic acids is 3. The summed E-state index contributed by atoms with van der Waals surface area (Å²) in [6.45, 7) is 4.15. The number of hydrogen-bond donors (Lipinski definition) is 2. The molecule has 11 heteroatoms. The Hall–Kier alpha value is -5.29. The first-order chi connectivity index (χ1) is 20.9. The zero-order valence-electron chi connectivity index (χ0n) is 23.5. The highest BCUT2D eigenvalue weighted by atomic mass is 16.5. The van der Waals surface area contributed by atoms with Gasteiger partial charge in [-0.15, -0.1) is 0 Å². The topological polar surface area (TPSA) is 134 Å². The van der Waals surface area contributed by atoms with Crippen LogP contribution in [-0.2, 0) is 11.3 Å². The molecule has 0 radical (unpaired) electrons. The maximum atomic E-state index is 12.2. The van der Waals surface area contributed by atoms with Gasteiger partial charge in [-0.3, -0.25) is 29.7 Å². The summed E-state index contributed by atoms with van der Waals surface area (Å²) in [7, 11) is 0. The molecular weight excluding hydrogens is 546 g/mol. The molecule has 2 aliphatic heterocycles. The van der Waals surface area contributed by atoms with E-state index in [2.05, 4.69) is 20.1 Å². The molecule has 2 aromatic carbocycles. The minimum absolute atomic E-state index is 0.261. The molecule has 2 aliphatic rings. The van der Waals surface area contributed by atoms with E-state index in [-0.39, 0.29) is 12.3 Å². The molecule has 0 bridgehead atoms. The fourth-order valence-electron chi connectivity index (χ4n) is 5.19. The Bertz CT molecular complexity index is 1620. The maximum absolute atomic E-state index is 12.2. The average Bonchev–Trinajstić information content (AvgIpc) is 3.03. The molecule has 2 fully saturated rings. The summed E-state index contributed by atoms with van der Waals surface area (Å²) in [5.74, 6) is 1.41. The number of hydrogen-bond acceptors (Lipinski definition) is 8. The Balaban J connectivity index is 1.09. The molecule has 4 amide bonds. The number of aromatic nitrogens is 2. The van der Waals surface area contributed by atoms with Crippen molar-refractivity contribution in [2.75, 3.05) is 42.5 Å². The van der Waals surface area contributed by atoms with Crippen molar-refractivity contribution in [1.29, 1.82) is 0 Å². The predicted octanol–water partition coefficient (Wildman–Crippen LogP) is 3.80. The zero-order valence-corrected chi connectivity index (χ0v) is 23.5. The first-order valence-corrected chi connectivity index (χ1v) is 14.1. The number of imide groups is 1. The molecule has 0 spiro atoms. The van der Waals surface area contributed by atoms with E-state index in [0.29, 0.717) is 35.8 Å². The Kier molecular flexibility index (Phi) is 7.96. The zero-order chi connectivity index (χ0) is 29.8. The number of primary amides is 1. The van der Waals surface area contributed by atoms with Crippen molar-refractivity contribution in [3.8, 4) is 22.8 Å².